The van der Waals surface area contributed by atoms with Crippen molar-refractivity contribution in [2.24, 2.45) is 5.41 Å². The lowest BCUT2D eigenvalue weighted by Gasteiger charge is -2.27. The van der Waals surface area contributed by atoms with Crippen molar-refractivity contribution in [2.45, 2.75) is 47.1 Å². The van der Waals surface area contributed by atoms with Crippen molar-refractivity contribution in [3.63, 3.8) is 0 Å². The maximum absolute atomic E-state index is 4.74. The van der Waals surface area contributed by atoms with Crippen molar-refractivity contribution in [3.8, 4) is 0 Å². The maximum atomic E-state index is 4.74. The summed E-state index contributed by atoms with van der Waals surface area (Å²) in [7, 11) is 2.02. The third kappa shape index (κ3) is 6.67. The summed E-state index contributed by atoms with van der Waals surface area (Å²) in [5.74, 6) is 1.73. The lowest BCUT2D eigenvalue weighted by Crippen LogP contribution is -2.31. The molecule has 2 aromatic rings. The number of anilines is 4. The molecule has 0 aliphatic carbocycles. The van der Waals surface area contributed by atoms with Gasteiger partial charge in [-0.25, -0.2) is 0 Å². The van der Waals surface area contributed by atoms with Crippen molar-refractivity contribution in [1.82, 2.24) is 20.3 Å². The van der Waals surface area contributed by atoms with Crippen molar-refractivity contribution >= 4 is 29.1 Å². The monoisotopic (exact) mass is 447 g/mol. The van der Waals surface area contributed by atoms with Crippen LogP contribution in [0.15, 0.2) is 42.7 Å². The second-order valence-electron chi connectivity index (χ2n) is 10.0. The highest BCUT2D eigenvalue weighted by Crippen LogP contribution is 2.28. The SMILES string of the molecule is C=C=C(C(=C)C)c1ccc(C)c(Nc2nc(N[C@@H]3CCNC3)nc(N(C)CC(C)(C)C)n2)c1. The second-order valence-corrected chi connectivity index (χ2v) is 10.0. The Labute approximate surface area is 198 Å². The van der Waals surface area contributed by atoms with Gasteiger partial charge in [-0.2, -0.15) is 15.0 Å². The molecule has 7 heteroatoms. The van der Waals surface area contributed by atoms with E-state index in [1.165, 1.54) is 0 Å². The average molecular weight is 448 g/mol. The number of nitrogens with zero attached hydrogens (tertiary/aromatic N) is 4. The van der Waals surface area contributed by atoms with Gasteiger partial charge in [0.15, 0.2) is 0 Å². The molecule has 33 heavy (non-hydrogen) atoms. The van der Waals surface area contributed by atoms with Crippen LogP contribution < -0.4 is 20.9 Å². The van der Waals surface area contributed by atoms with E-state index in [-0.39, 0.29) is 5.41 Å². The molecule has 0 saturated carbocycles. The Kier molecular flexibility index (Phi) is 7.57. The largest absolute Gasteiger partial charge is 0.350 e. The van der Waals surface area contributed by atoms with E-state index in [1.54, 1.807) is 0 Å². The van der Waals surface area contributed by atoms with Gasteiger partial charge < -0.3 is 20.9 Å². The molecule has 0 bridgehead atoms. The molecule has 1 saturated heterocycles. The predicted octanol–water partition coefficient (Wildman–Crippen LogP) is 4.92. The fraction of sp³-hybridized carbons (Fsp3) is 0.462. The summed E-state index contributed by atoms with van der Waals surface area (Å²) in [6.45, 7) is 21.2. The van der Waals surface area contributed by atoms with E-state index < -0.39 is 0 Å². The first kappa shape index (κ1) is 24.5. The minimum Gasteiger partial charge on any atom is -0.350 e. The Morgan fingerprint density at radius 1 is 1.24 bits per heavy atom. The van der Waals surface area contributed by atoms with Crippen LogP contribution in [0.25, 0.3) is 5.57 Å². The van der Waals surface area contributed by atoms with Gasteiger partial charge in [0.2, 0.25) is 17.8 Å². The van der Waals surface area contributed by atoms with Crippen LogP contribution in [-0.2, 0) is 0 Å². The number of allylic oxidation sites excluding steroid dienone is 2. The molecule has 0 amide bonds. The first-order valence-electron chi connectivity index (χ1n) is 11.4. The summed E-state index contributed by atoms with van der Waals surface area (Å²) in [4.78, 5) is 16.2. The highest BCUT2D eigenvalue weighted by molar-refractivity contribution is 5.80. The lowest BCUT2D eigenvalue weighted by atomic mass is 9.96. The Morgan fingerprint density at radius 2 is 1.97 bits per heavy atom. The molecule has 3 rings (SSSR count). The van der Waals surface area contributed by atoms with Crippen molar-refractivity contribution in [1.29, 1.82) is 0 Å². The summed E-state index contributed by atoms with van der Waals surface area (Å²) in [6.07, 6.45) is 1.04. The number of nitrogens with one attached hydrogen (secondary N) is 3. The number of aryl methyl sites for hydroxylation is 1. The summed E-state index contributed by atoms with van der Waals surface area (Å²) in [6, 6.07) is 6.49. The van der Waals surface area contributed by atoms with Crippen LogP contribution in [0.2, 0.25) is 0 Å². The Balaban J connectivity index is 1.96. The van der Waals surface area contributed by atoms with Crippen LogP contribution in [0, 0.1) is 12.3 Å². The van der Waals surface area contributed by atoms with Crippen LogP contribution in [0.3, 0.4) is 0 Å². The third-order valence-electron chi connectivity index (χ3n) is 5.45. The minimum absolute atomic E-state index is 0.110. The van der Waals surface area contributed by atoms with Gasteiger partial charge in [0.05, 0.1) is 0 Å². The highest BCUT2D eigenvalue weighted by atomic mass is 15.3. The summed E-state index contributed by atoms with van der Waals surface area (Å²) in [5.41, 5.74) is 7.94. The maximum Gasteiger partial charge on any atom is 0.233 e. The zero-order chi connectivity index (χ0) is 24.2. The molecule has 1 aliphatic rings. The third-order valence-corrected chi connectivity index (χ3v) is 5.45. The highest BCUT2D eigenvalue weighted by Gasteiger charge is 2.20. The number of benzene rings is 1. The van der Waals surface area contributed by atoms with Crippen molar-refractivity contribution in [3.05, 3.63) is 53.8 Å². The van der Waals surface area contributed by atoms with Crippen molar-refractivity contribution < 1.29 is 0 Å². The first-order chi connectivity index (χ1) is 15.6. The molecule has 0 radical (unpaired) electrons. The van der Waals surface area contributed by atoms with Crippen LogP contribution >= 0.6 is 0 Å². The number of aromatic nitrogens is 3. The second kappa shape index (κ2) is 10.2. The number of hydrogen-bond donors (Lipinski definition) is 3. The summed E-state index contributed by atoms with van der Waals surface area (Å²) < 4.78 is 0. The topological polar surface area (TPSA) is 78.0 Å². The fourth-order valence-electron chi connectivity index (χ4n) is 3.93. The molecule has 0 unspecified atom stereocenters. The van der Waals surface area contributed by atoms with Crippen LogP contribution in [0.4, 0.5) is 23.5 Å². The molecule has 1 aromatic heterocycles. The molecule has 1 aromatic carbocycles. The molecular formula is C26H37N7. The van der Waals surface area contributed by atoms with E-state index in [1.807, 2.05) is 14.0 Å². The van der Waals surface area contributed by atoms with Gasteiger partial charge >= 0.3 is 0 Å². The standard InChI is InChI=1S/C26H37N7/c1-9-21(17(2)3)19-11-10-18(4)22(14-19)29-24-30-23(28-20-12-13-27-15-20)31-25(32-24)33(8)16-26(5,6)7/h10-11,14,20,27H,1-2,12-13,15-16H2,3-8H3,(H2,28,29,30,31,32)/t20-/m1/s1. The van der Waals surface area contributed by atoms with Gasteiger partial charge in [0, 0.05) is 37.4 Å². The quantitative estimate of drug-likeness (QED) is 0.391. The van der Waals surface area contributed by atoms with E-state index in [2.05, 4.69) is 85.6 Å². The number of rotatable bonds is 8. The molecule has 3 N–H and O–H groups in total. The lowest BCUT2D eigenvalue weighted by molar-refractivity contribution is 0.416. The van der Waals surface area contributed by atoms with Gasteiger partial charge in [0.1, 0.15) is 0 Å². The van der Waals surface area contributed by atoms with Crippen LogP contribution in [0.5, 0.6) is 0 Å². The van der Waals surface area contributed by atoms with Gasteiger partial charge in [-0.05, 0) is 55.0 Å². The first-order valence-corrected chi connectivity index (χ1v) is 11.4. The predicted molar refractivity (Wildman–Crippen MR) is 139 cm³/mol. The van der Waals surface area contributed by atoms with E-state index in [0.717, 1.165) is 54.0 Å². The van der Waals surface area contributed by atoms with Gasteiger partial charge in [-0.15, -0.1) is 5.73 Å². The molecule has 1 aliphatic heterocycles. The van der Waals surface area contributed by atoms with E-state index in [9.17, 15) is 0 Å². The van der Waals surface area contributed by atoms with Crippen molar-refractivity contribution in [2.75, 3.05) is 42.2 Å². The minimum atomic E-state index is 0.110. The molecule has 1 atom stereocenters. The van der Waals surface area contributed by atoms with Crippen LogP contribution in [0.1, 0.15) is 45.2 Å². The Morgan fingerprint density at radius 3 is 2.58 bits per heavy atom. The zero-order valence-electron chi connectivity index (χ0n) is 20.8. The van der Waals surface area contributed by atoms with Crippen LogP contribution in [-0.4, -0.2) is 47.7 Å². The fourth-order valence-corrected chi connectivity index (χ4v) is 3.93. The summed E-state index contributed by atoms with van der Waals surface area (Å²) in [5, 5.41) is 10.3. The number of hydrogen-bond acceptors (Lipinski definition) is 7. The molecule has 1 fully saturated rings. The zero-order valence-corrected chi connectivity index (χ0v) is 20.8. The van der Waals surface area contributed by atoms with E-state index in [0.29, 0.717) is 23.9 Å². The summed E-state index contributed by atoms with van der Waals surface area (Å²) >= 11 is 0. The Bertz CT molecular complexity index is 1050. The Hall–Kier alpha value is -3.15. The van der Waals surface area contributed by atoms with Gasteiger partial charge in [0.25, 0.3) is 0 Å². The van der Waals surface area contributed by atoms with Gasteiger partial charge in [-0.3, -0.25) is 0 Å². The van der Waals surface area contributed by atoms with E-state index >= 15 is 0 Å². The molecule has 0 spiro atoms. The molecule has 176 valence electrons. The normalized spacial score (nSPS) is 15.6. The molecule has 2 heterocycles. The smallest absolute Gasteiger partial charge is 0.233 e. The van der Waals surface area contributed by atoms with Gasteiger partial charge in [-0.1, -0.05) is 46.1 Å². The molecular weight excluding hydrogens is 410 g/mol. The molecule has 7 nitrogen and oxygen atoms in total. The average Bonchev–Trinajstić information content (AvgIpc) is 3.22. The van der Waals surface area contributed by atoms with E-state index in [4.69, 9.17) is 15.0 Å².